The molecule has 0 radical (unpaired) electrons. The van der Waals surface area contributed by atoms with Crippen molar-refractivity contribution in [1.29, 1.82) is 0 Å². The zero-order chi connectivity index (χ0) is 44.0. The van der Waals surface area contributed by atoms with Crippen molar-refractivity contribution < 1.29 is 0 Å². The van der Waals surface area contributed by atoms with E-state index in [-0.39, 0.29) is 0 Å². The SMILES string of the molecule is [C-]#[N+]c1ccc(N(c2ccc(-c3ccc4c(c3)c3ccccc3c3cc(-c5ccc(N(c6ccccc6)c6ccccc6)cc5)c5ccccc5c43)cc2)c2ccc3ccccc3c2)cc1. The highest BCUT2D eigenvalue weighted by molar-refractivity contribution is 6.33. The Balaban J connectivity index is 0.959. The van der Waals surface area contributed by atoms with Crippen LogP contribution in [-0.2, 0) is 0 Å². The number of rotatable bonds is 8. The van der Waals surface area contributed by atoms with Crippen molar-refractivity contribution in [2.75, 3.05) is 9.80 Å². The fraction of sp³-hybridized carbons (Fsp3) is 0. The van der Waals surface area contributed by atoms with Crippen LogP contribution in [0.1, 0.15) is 0 Å². The molecule has 12 aromatic carbocycles. The molecule has 66 heavy (non-hydrogen) atoms. The molecular formula is C63H41N3. The van der Waals surface area contributed by atoms with Crippen LogP contribution >= 0.6 is 0 Å². The van der Waals surface area contributed by atoms with Crippen LogP contribution in [0.3, 0.4) is 0 Å². The summed E-state index contributed by atoms with van der Waals surface area (Å²) in [4.78, 5) is 8.22. The van der Waals surface area contributed by atoms with Crippen LogP contribution < -0.4 is 9.80 Å². The van der Waals surface area contributed by atoms with Gasteiger partial charge in [-0.3, -0.25) is 0 Å². The topological polar surface area (TPSA) is 10.8 Å². The molecule has 0 fully saturated rings. The standard InChI is InChI=1S/C63H41N3/c1-64-48-30-37-53(38-31-48)66(54-36-26-43-14-8-9-15-46(43)40-54)52-32-24-44(25-33-52)47-29-39-59-61(41-47)55-20-10-11-21-56(55)62-42-60(57-22-12-13-23-58(57)63(59)62)45-27-34-51(35-28-45)65(49-16-4-2-5-17-49)50-18-6-3-7-19-50/h2-42H. The predicted octanol–water partition coefficient (Wildman–Crippen LogP) is 18.3. The van der Waals surface area contributed by atoms with E-state index >= 15 is 0 Å². The fourth-order valence-corrected chi connectivity index (χ4v) is 9.87. The molecule has 0 aromatic heterocycles. The third kappa shape index (κ3) is 6.77. The van der Waals surface area contributed by atoms with Gasteiger partial charge in [-0.15, -0.1) is 0 Å². The summed E-state index contributed by atoms with van der Waals surface area (Å²) in [6, 6.07) is 89.1. The van der Waals surface area contributed by atoms with Gasteiger partial charge in [0.1, 0.15) is 0 Å². The summed E-state index contributed by atoms with van der Waals surface area (Å²) in [6.07, 6.45) is 0. The van der Waals surface area contributed by atoms with Gasteiger partial charge in [0.2, 0.25) is 0 Å². The van der Waals surface area contributed by atoms with Crippen LogP contribution in [0.5, 0.6) is 0 Å². The quantitative estimate of drug-likeness (QED) is 0.111. The monoisotopic (exact) mass is 839 g/mol. The lowest BCUT2D eigenvalue weighted by molar-refractivity contribution is 1.28. The Labute approximate surface area is 384 Å². The van der Waals surface area contributed by atoms with Crippen LogP contribution in [0.4, 0.5) is 39.8 Å². The number of fused-ring (bicyclic) bond motifs is 9. The summed E-state index contributed by atoms with van der Waals surface area (Å²) in [6.45, 7) is 7.53. The first-order chi connectivity index (χ1) is 32.7. The number of nitrogens with zero attached hydrogens (tertiary/aromatic N) is 3. The Bertz CT molecular complexity index is 3760. The normalized spacial score (nSPS) is 11.3. The van der Waals surface area contributed by atoms with Crippen LogP contribution in [0.15, 0.2) is 249 Å². The van der Waals surface area contributed by atoms with Crippen molar-refractivity contribution in [3.63, 3.8) is 0 Å². The summed E-state index contributed by atoms with van der Waals surface area (Å²) in [5, 5.41) is 12.3. The summed E-state index contributed by atoms with van der Waals surface area (Å²) in [5.74, 6) is 0. The Morgan fingerprint density at radius 2 is 0.727 bits per heavy atom. The van der Waals surface area contributed by atoms with Gasteiger partial charge in [-0.2, -0.15) is 0 Å². The maximum atomic E-state index is 7.53. The molecule has 0 amide bonds. The second-order valence-corrected chi connectivity index (χ2v) is 16.8. The van der Waals surface area contributed by atoms with Crippen LogP contribution in [0.2, 0.25) is 0 Å². The van der Waals surface area contributed by atoms with Crippen molar-refractivity contribution in [2.45, 2.75) is 0 Å². The lowest BCUT2D eigenvalue weighted by atomic mass is 9.86. The fourth-order valence-electron chi connectivity index (χ4n) is 9.87. The van der Waals surface area contributed by atoms with Gasteiger partial charge in [0.15, 0.2) is 5.69 Å². The highest BCUT2D eigenvalue weighted by atomic mass is 15.1. The lowest BCUT2D eigenvalue weighted by Crippen LogP contribution is -2.09. The minimum absolute atomic E-state index is 0.623. The van der Waals surface area contributed by atoms with Crippen molar-refractivity contribution in [3.05, 3.63) is 260 Å². The van der Waals surface area contributed by atoms with Crippen molar-refractivity contribution in [3.8, 4) is 22.3 Å². The Morgan fingerprint density at radius 3 is 1.36 bits per heavy atom. The van der Waals surface area contributed by atoms with Crippen molar-refractivity contribution in [1.82, 2.24) is 0 Å². The van der Waals surface area contributed by atoms with Gasteiger partial charge in [-0.25, -0.2) is 4.85 Å². The van der Waals surface area contributed by atoms with Gasteiger partial charge >= 0.3 is 0 Å². The Morgan fingerprint density at radius 1 is 0.273 bits per heavy atom. The second kappa shape index (κ2) is 16.3. The molecule has 0 aliphatic carbocycles. The van der Waals surface area contributed by atoms with Crippen LogP contribution in [-0.4, -0.2) is 0 Å². The van der Waals surface area contributed by atoms with Gasteiger partial charge in [0.25, 0.3) is 0 Å². The number of hydrogen-bond donors (Lipinski definition) is 0. The summed E-state index contributed by atoms with van der Waals surface area (Å²) in [7, 11) is 0. The first-order valence-electron chi connectivity index (χ1n) is 22.4. The van der Waals surface area contributed by atoms with E-state index in [2.05, 4.69) is 239 Å². The molecule has 308 valence electrons. The number of hydrogen-bond acceptors (Lipinski definition) is 2. The molecule has 0 aliphatic heterocycles. The predicted molar refractivity (Wildman–Crippen MR) is 280 cm³/mol. The van der Waals surface area contributed by atoms with E-state index in [0.29, 0.717) is 5.69 Å². The maximum Gasteiger partial charge on any atom is 0.187 e. The molecular weight excluding hydrogens is 799 g/mol. The maximum absolute atomic E-state index is 7.53. The first-order valence-corrected chi connectivity index (χ1v) is 22.4. The third-order valence-corrected chi connectivity index (χ3v) is 13.0. The molecule has 3 nitrogen and oxygen atoms in total. The second-order valence-electron chi connectivity index (χ2n) is 16.8. The molecule has 0 saturated carbocycles. The van der Waals surface area contributed by atoms with E-state index in [0.717, 1.165) is 39.7 Å². The number of para-hydroxylation sites is 2. The highest BCUT2D eigenvalue weighted by Crippen LogP contribution is 2.45. The first kappa shape index (κ1) is 38.7. The molecule has 0 unspecified atom stereocenters. The number of benzene rings is 12. The van der Waals surface area contributed by atoms with Crippen LogP contribution in [0, 0.1) is 6.57 Å². The molecule has 3 heteroatoms. The molecule has 0 N–H and O–H groups in total. The zero-order valence-electron chi connectivity index (χ0n) is 36.0. The van der Waals surface area contributed by atoms with Crippen molar-refractivity contribution in [2.24, 2.45) is 0 Å². The minimum atomic E-state index is 0.623. The Kier molecular flexibility index (Phi) is 9.55. The summed E-state index contributed by atoms with van der Waals surface area (Å²) in [5.41, 5.74) is 11.8. The van der Waals surface area contributed by atoms with Gasteiger partial charge in [-0.05, 0) is 161 Å². The molecule has 0 atom stereocenters. The van der Waals surface area contributed by atoms with E-state index in [9.17, 15) is 0 Å². The zero-order valence-corrected chi connectivity index (χ0v) is 36.0. The summed E-state index contributed by atoms with van der Waals surface area (Å²) < 4.78 is 0. The molecule has 0 heterocycles. The minimum Gasteiger partial charge on any atom is -0.311 e. The average molecular weight is 840 g/mol. The largest absolute Gasteiger partial charge is 0.311 e. The molecule has 0 bridgehead atoms. The average Bonchev–Trinajstić information content (AvgIpc) is 3.39. The molecule has 0 aliphatic rings. The van der Waals surface area contributed by atoms with E-state index < -0.39 is 0 Å². The molecule has 12 aromatic rings. The highest BCUT2D eigenvalue weighted by Gasteiger charge is 2.18. The van der Waals surface area contributed by atoms with Crippen LogP contribution in [0.25, 0.3) is 81.0 Å². The molecule has 12 rings (SSSR count). The van der Waals surface area contributed by atoms with Gasteiger partial charge in [0, 0.05) is 34.1 Å². The lowest BCUT2D eigenvalue weighted by Gasteiger charge is -2.26. The summed E-state index contributed by atoms with van der Waals surface area (Å²) >= 11 is 0. The van der Waals surface area contributed by atoms with E-state index in [1.165, 1.54) is 70.6 Å². The van der Waals surface area contributed by atoms with E-state index in [4.69, 9.17) is 6.57 Å². The Hall–Kier alpha value is -8.97. The van der Waals surface area contributed by atoms with E-state index in [1.54, 1.807) is 0 Å². The van der Waals surface area contributed by atoms with Gasteiger partial charge in [0.05, 0.1) is 6.57 Å². The smallest absolute Gasteiger partial charge is 0.187 e. The van der Waals surface area contributed by atoms with Gasteiger partial charge in [-0.1, -0.05) is 164 Å². The number of anilines is 6. The third-order valence-electron chi connectivity index (χ3n) is 13.0. The van der Waals surface area contributed by atoms with Gasteiger partial charge < -0.3 is 9.80 Å². The van der Waals surface area contributed by atoms with Crippen molar-refractivity contribution >= 4 is 93.7 Å². The molecule has 0 spiro atoms. The van der Waals surface area contributed by atoms with E-state index in [1.807, 2.05) is 24.3 Å². The molecule has 0 saturated heterocycles.